The average Bonchev–Trinajstić information content (AvgIpc) is 3.89. The predicted molar refractivity (Wildman–Crippen MR) is 260 cm³/mol. The van der Waals surface area contributed by atoms with E-state index in [1.165, 1.54) is 81.3 Å². The Kier molecular flexibility index (Phi) is 8.60. The smallest absolute Gasteiger partial charge is 0.0619 e. The zero-order valence-electron chi connectivity index (χ0n) is 33.4. The zero-order chi connectivity index (χ0) is 40.3. The van der Waals surface area contributed by atoms with Gasteiger partial charge in [-0.15, -0.1) is 0 Å². The highest BCUT2D eigenvalue weighted by Crippen LogP contribution is 2.55. The second kappa shape index (κ2) is 14.7. The highest BCUT2D eigenvalue weighted by Gasteiger charge is 2.31. The van der Waals surface area contributed by atoms with Crippen LogP contribution in [0.1, 0.15) is 23.5 Å². The number of hydrogen-bond donors (Lipinski definition) is 0. The first-order chi connectivity index (χ1) is 30.3. The molecule has 2 aliphatic rings. The van der Waals surface area contributed by atoms with Gasteiger partial charge in [0.2, 0.25) is 0 Å². The molecule has 0 radical (unpaired) electrons. The molecule has 0 amide bonds. The topological polar surface area (TPSA) is 8.17 Å². The number of hydrogen-bond acceptors (Lipinski definition) is 2. The minimum absolute atomic E-state index is 0.443. The highest BCUT2D eigenvalue weighted by atomic mass is 32.2. The average molecular weight is 797 g/mol. The Morgan fingerprint density at radius 1 is 0.475 bits per heavy atom. The number of fused-ring (bicyclic) bond motifs is 8. The van der Waals surface area contributed by atoms with Crippen molar-refractivity contribution in [3.63, 3.8) is 0 Å². The van der Waals surface area contributed by atoms with Crippen molar-refractivity contribution in [2.45, 2.75) is 17.2 Å². The van der Waals surface area contributed by atoms with E-state index in [4.69, 9.17) is 0 Å². The number of aromatic nitrogens is 1. The minimum Gasteiger partial charge on any atom is -0.310 e. The molecule has 0 N–H and O–H groups in total. The normalized spacial score (nSPS) is 14.5. The van der Waals surface area contributed by atoms with Gasteiger partial charge in [0.25, 0.3) is 0 Å². The summed E-state index contributed by atoms with van der Waals surface area (Å²) in [6.07, 6.45) is 5.74. The van der Waals surface area contributed by atoms with Gasteiger partial charge in [-0.05, 0) is 99.8 Å². The SMILES string of the molecule is C1=CC(c2ccc(N(c3ccc(-c4ccc(-n5c6ccccc6c6ccc7ccccc7c65)cc4)cc3)c3ccccc3-c3ccccc3)cc2)=C2Sc3ccccc3C2C1. The number of allylic oxidation sites excluding steroid dienone is 4. The Bertz CT molecular complexity index is 3340. The zero-order valence-corrected chi connectivity index (χ0v) is 34.3. The lowest BCUT2D eigenvalue weighted by Gasteiger charge is -2.28. The van der Waals surface area contributed by atoms with Gasteiger partial charge in [0.05, 0.1) is 16.7 Å². The lowest BCUT2D eigenvalue weighted by Crippen LogP contribution is -2.11. The monoisotopic (exact) mass is 796 g/mol. The molecular weight excluding hydrogens is 757 g/mol. The van der Waals surface area contributed by atoms with E-state index < -0.39 is 0 Å². The van der Waals surface area contributed by atoms with Crippen LogP contribution in [0.2, 0.25) is 0 Å². The molecule has 2 nitrogen and oxygen atoms in total. The van der Waals surface area contributed by atoms with E-state index in [-0.39, 0.29) is 0 Å². The van der Waals surface area contributed by atoms with Crippen LogP contribution in [0.5, 0.6) is 0 Å². The molecule has 0 saturated carbocycles. The van der Waals surface area contributed by atoms with Gasteiger partial charge in [0.1, 0.15) is 0 Å². The van der Waals surface area contributed by atoms with Crippen LogP contribution in [0.3, 0.4) is 0 Å². The molecule has 0 bridgehead atoms. The Balaban J connectivity index is 0.918. The Hall–Kier alpha value is -7.33. The number of para-hydroxylation sites is 2. The van der Waals surface area contributed by atoms with Gasteiger partial charge in [-0.25, -0.2) is 0 Å². The molecule has 61 heavy (non-hydrogen) atoms. The lowest BCUT2D eigenvalue weighted by molar-refractivity contribution is 0.841. The fraction of sp³-hybridized carbons (Fsp3) is 0.0345. The highest BCUT2D eigenvalue weighted by molar-refractivity contribution is 8.03. The van der Waals surface area contributed by atoms with Crippen molar-refractivity contribution in [3.8, 4) is 27.9 Å². The second-order valence-corrected chi connectivity index (χ2v) is 17.1. The van der Waals surface area contributed by atoms with E-state index in [2.05, 4.69) is 234 Å². The summed E-state index contributed by atoms with van der Waals surface area (Å²) in [6.45, 7) is 0. The van der Waals surface area contributed by atoms with E-state index >= 15 is 0 Å². The molecule has 12 rings (SSSR count). The van der Waals surface area contributed by atoms with Crippen LogP contribution >= 0.6 is 11.8 Å². The van der Waals surface area contributed by atoms with Crippen LogP contribution in [-0.4, -0.2) is 4.57 Å². The third-order valence-corrected chi connectivity index (χ3v) is 13.9. The van der Waals surface area contributed by atoms with Gasteiger partial charge in [-0.3, -0.25) is 0 Å². The molecule has 1 aromatic heterocycles. The summed E-state index contributed by atoms with van der Waals surface area (Å²) in [5.41, 5.74) is 15.8. The first-order valence-electron chi connectivity index (χ1n) is 21.1. The number of benzene rings is 9. The third-order valence-electron chi connectivity index (χ3n) is 12.6. The maximum absolute atomic E-state index is 2.43. The van der Waals surface area contributed by atoms with Gasteiger partial charge < -0.3 is 9.47 Å². The van der Waals surface area contributed by atoms with Crippen molar-refractivity contribution in [3.05, 3.63) is 241 Å². The van der Waals surface area contributed by atoms with Crippen LogP contribution in [0.25, 0.3) is 66.1 Å². The van der Waals surface area contributed by atoms with E-state index in [0.717, 1.165) is 29.2 Å². The molecule has 0 spiro atoms. The molecule has 288 valence electrons. The summed E-state index contributed by atoms with van der Waals surface area (Å²) < 4.78 is 2.43. The Labute approximate surface area is 360 Å². The van der Waals surface area contributed by atoms with Crippen LogP contribution in [-0.2, 0) is 0 Å². The third kappa shape index (κ3) is 6.04. The summed E-state index contributed by atoms with van der Waals surface area (Å²) in [7, 11) is 0. The van der Waals surface area contributed by atoms with Crippen molar-refractivity contribution < 1.29 is 0 Å². The Morgan fingerprint density at radius 3 is 1.92 bits per heavy atom. The van der Waals surface area contributed by atoms with Gasteiger partial charge in [0, 0.05) is 54.5 Å². The van der Waals surface area contributed by atoms with E-state index in [1.807, 2.05) is 11.8 Å². The first kappa shape index (κ1) is 35.6. The fourth-order valence-corrected chi connectivity index (χ4v) is 11.0. The van der Waals surface area contributed by atoms with Gasteiger partial charge in [-0.2, -0.15) is 0 Å². The molecule has 0 saturated heterocycles. The van der Waals surface area contributed by atoms with Crippen molar-refractivity contribution >= 4 is 67.0 Å². The van der Waals surface area contributed by atoms with Crippen LogP contribution in [0.15, 0.2) is 234 Å². The number of thioether (sulfide) groups is 1. The molecule has 1 unspecified atom stereocenters. The van der Waals surface area contributed by atoms with E-state index in [0.29, 0.717) is 5.92 Å². The lowest BCUT2D eigenvalue weighted by atomic mass is 9.87. The van der Waals surface area contributed by atoms with Crippen LogP contribution < -0.4 is 4.90 Å². The molecule has 10 aromatic rings. The second-order valence-electron chi connectivity index (χ2n) is 16.0. The standard InChI is InChI=1S/C58H40N2S/c1-2-13-41(14-3-1)47-16-6-9-22-54(47)59(45-36-29-43(30-37-45)49-20-12-21-53-51-19-8-11-24-56(51)61-58(49)53)44-32-25-39(26-33-44)40-27-34-46(35-28-40)60-55-23-10-7-18-50(55)52-38-31-42-15-4-5-17-48(42)57(52)60/h1-20,22-38,53H,21H2. The first-order valence-corrected chi connectivity index (χ1v) is 21.9. The van der Waals surface area contributed by atoms with Gasteiger partial charge >= 0.3 is 0 Å². The number of nitrogens with zero attached hydrogens (tertiary/aromatic N) is 2. The molecule has 9 aromatic carbocycles. The predicted octanol–water partition coefficient (Wildman–Crippen LogP) is 16.3. The number of anilines is 3. The molecule has 0 fully saturated rings. The summed E-state index contributed by atoms with van der Waals surface area (Å²) in [4.78, 5) is 5.26. The molecule has 1 atom stereocenters. The minimum atomic E-state index is 0.443. The van der Waals surface area contributed by atoms with E-state index in [1.54, 1.807) is 0 Å². The summed E-state index contributed by atoms with van der Waals surface area (Å²) >= 11 is 1.94. The van der Waals surface area contributed by atoms with Crippen molar-refractivity contribution in [2.24, 2.45) is 0 Å². The van der Waals surface area contributed by atoms with Crippen molar-refractivity contribution in [1.29, 1.82) is 0 Å². The van der Waals surface area contributed by atoms with Crippen LogP contribution in [0, 0.1) is 0 Å². The maximum atomic E-state index is 2.43. The summed E-state index contributed by atoms with van der Waals surface area (Å²) in [5.74, 6) is 0.443. The molecule has 2 heterocycles. The number of rotatable bonds is 7. The van der Waals surface area contributed by atoms with Gasteiger partial charge in [0.15, 0.2) is 0 Å². The largest absolute Gasteiger partial charge is 0.310 e. The fourth-order valence-electron chi connectivity index (χ4n) is 9.66. The molecular formula is C58H40N2S. The van der Waals surface area contributed by atoms with Gasteiger partial charge in [-0.1, -0.05) is 182 Å². The molecule has 1 aliphatic carbocycles. The molecule has 1 aliphatic heterocycles. The van der Waals surface area contributed by atoms with Crippen molar-refractivity contribution in [2.75, 3.05) is 4.90 Å². The maximum Gasteiger partial charge on any atom is 0.0619 e. The molecule has 3 heteroatoms. The Morgan fingerprint density at radius 2 is 1.11 bits per heavy atom. The summed E-state index contributed by atoms with van der Waals surface area (Å²) in [6, 6.07) is 77.7. The quantitative estimate of drug-likeness (QED) is 0.159. The van der Waals surface area contributed by atoms with Crippen molar-refractivity contribution in [1.82, 2.24) is 4.57 Å². The van der Waals surface area contributed by atoms with E-state index in [9.17, 15) is 0 Å². The van der Waals surface area contributed by atoms with Crippen LogP contribution in [0.4, 0.5) is 17.1 Å². The summed E-state index contributed by atoms with van der Waals surface area (Å²) in [5, 5.41) is 5.06.